The second kappa shape index (κ2) is 8.53. The van der Waals surface area contributed by atoms with E-state index in [0.717, 1.165) is 47.8 Å². The Labute approximate surface area is 181 Å². The van der Waals surface area contributed by atoms with Gasteiger partial charge in [-0.2, -0.15) is 0 Å². The summed E-state index contributed by atoms with van der Waals surface area (Å²) < 4.78 is 0. The molecule has 0 aliphatic carbocycles. The SMILES string of the molecule is Cc1cc(C)cc(-c2cncc(NC(=O)c3csc(C)n3)c2N2CCC(N)CC2)c1. The summed E-state index contributed by atoms with van der Waals surface area (Å²) in [5, 5.41) is 5.71. The summed E-state index contributed by atoms with van der Waals surface area (Å²) in [6, 6.07) is 6.72. The number of nitrogens with zero attached hydrogens (tertiary/aromatic N) is 3. The largest absolute Gasteiger partial charge is 0.369 e. The fourth-order valence-corrected chi connectivity index (χ4v) is 4.60. The lowest BCUT2D eigenvalue weighted by Gasteiger charge is -2.34. The Bertz CT molecular complexity index is 1050. The summed E-state index contributed by atoms with van der Waals surface area (Å²) in [6.45, 7) is 7.79. The maximum absolute atomic E-state index is 12.8. The molecule has 0 saturated carbocycles. The molecular formula is C23H27N5OS. The van der Waals surface area contributed by atoms with E-state index < -0.39 is 0 Å². The molecule has 0 spiro atoms. The second-order valence-corrected chi connectivity index (χ2v) is 9.05. The number of aryl methyl sites for hydroxylation is 3. The fraction of sp³-hybridized carbons (Fsp3) is 0.348. The zero-order valence-corrected chi connectivity index (χ0v) is 18.4. The van der Waals surface area contributed by atoms with Gasteiger partial charge in [0.15, 0.2) is 0 Å². The molecule has 7 heteroatoms. The van der Waals surface area contributed by atoms with Crippen molar-refractivity contribution in [1.29, 1.82) is 0 Å². The average molecular weight is 422 g/mol. The number of anilines is 2. The third kappa shape index (κ3) is 4.37. The molecule has 30 heavy (non-hydrogen) atoms. The van der Waals surface area contributed by atoms with E-state index >= 15 is 0 Å². The van der Waals surface area contributed by atoms with Crippen LogP contribution in [-0.2, 0) is 0 Å². The lowest BCUT2D eigenvalue weighted by Crippen LogP contribution is -2.40. The van der Waals surface area contributed by atoms with Gasteiger partial charge in [-0.25, -0.2) is 4.98 Å². The van der Waals surface area contributed by atoms with Gasteiger partial charge in [-0.1, -0.05) is 29.3 Å². The number of amides is 1. The average Bonchev–Trinajstić information content (AvgIpc) is 3.14. The topological polar surface area (TPSA) is 84.1 Å². The molecule has 4 rings (SSSR count). The number of hydrogen-bond donors (Lipinski definition) is 2. The first-order chi connectivity index (χ1) is 14.4. The summed E-state index contributed by atoms with van der Waals surface area (Å²) in [4.78, 5) is 23.9. The second-order valence-electron chi connectivity index (χ2n) is 7.99. The van der Waals surface area contributed by atoms with Gasteiger partial charge >= 0.3 is 0 Å². The van der Waals surface area contributed by atoms with E-state index in [1.807, 2.05) is 13.1 Å². The molecule has 1 saturated heterocycles. The van der Waals surface area contributed by atoms with E-state index in [4.69, 9.17) is 5.73 Å². The van der Waals surface area contributed by atoms with Gasteiger partial charge in [0.05, 0.1) is 22.6 Å². The Hall–Kier alpha value is -2.77. The van der Waals surface area contributed by atoms with Crippen LogP contribution in [0, 0.1) is 20.8 Å². The summed E-state index contributed by atoms with van der Waals surface area (Å²) in [5.41, 5.74) is 12.8. The number of piperidine rings is 1. The van der Waals surface area contributed by atoms with Crippen LogP contribution >= 0.6 is 11.3 Å². The standard InChI is InChI=1S/C23H27N5OS/c1-14-8-15(2)10-17(9-14)19-11-25-12-20(22(19)28-6-4-18(24)5-7-28)27-23(29)21-13-30-16(3)26-21/h8-13,18H,4-7,24H2,1-3H3,(H,27,29). The van der Waals surface area contributed by atoms with Crippen molar-refractivity contribution in [2.24, 2.45) is 5.73 Å². The number of carbonyl (C=O) groups is 1. The van der Waals surface area contributed by atoms with Crippen molar-refractivity contribution >= 4 is 28.6 Å². The van der Waals surface area contributed by atoms with Crippen molar-refractivity contribution in [3.8, 4) is 11.1 Å². The van der Waals surface area contributed by atoms with Gasteiger partial charge in [0.25, 0.3) is 5.91 Å². The van der Waals surface area contributed by atoms with Gasteiger partial charge in [-0.05, 0) is 39.2 Å². The molecule has 1 amide bonds. The Morgan fingerprint density at radius 3 is 2.47 bits per heavy atom. The maximum atomic E-state index is 12.8. The predicted molar refractivity (Wildman–Crippen MR) is 123 cm³/mol. The van der Waals surface area contributed by atoms with Crippen molar-refractivity contribution in [2.75, 3.05) is 23.3 Å². The Kier molecular flexibility index (Phi) is 5.83. The van der Waals surface area contributed by atoms with Crippen LogP contribution in [0.5, 0.6) is 0 Å². The molecule has 3 N–H and O–H groups in total. The quantitative estimate of drug-likeness (QED) is 0.656. The van der Waals surface area contributed by atoms with Crippen molar-refractivity contribution in [1.82, 2.24) is 9.97 Å². The molecule has 0 unspecified atom stereocenters. The highest BCUT2D eigenvalue weighted by Gasteiger charge is 2.24. The highest BCUT2D eigenvalue weighted by atomic mass is 32.1. The van der Waals surface area contributed by atoms with Crippen molar-refractivity contribution < 1.29 is 4.79 Å². The van der Waals surface area contributed by atoms with Crippen LogP contribution in [0.4, 0.5) is 11.4 Å². The van der Waals surface area contributed by atoms with E-state index in [1.54, 1.807) is 11.6 Å². The number of nitrogens with one attached hydrogen (secondary N) is 1. The number of benzene rings is 1. The molecule has 1 aromatic carbocycles. The van der Waals surface area contributed by atoms with E-state index in [1.165, 1.54) is 22.5 Å². The Morgan fingerprint density at radius 2 is 1.83 bits per heavy atom. The molecule has 0 atom stereocenters. The summed E-state index contributed by atoms with van der Waals surface area (Å²) in [5.74, 6) is -0.214. The molecule has 1 fully saturated rings. The first-order valence-electron chi connectivity index (χ1n) is 10.2. The number of aromatic nitrogens is 2. The molecule has 0 radical (unpaired) electrons. The van der Waals surface area contributed by atoms with E-state index in [2.05, 4.69) is 52.2 Å². The van der Waals surface area contributed by atoms with Crippen LogP contribution in [0.25, 0.3) is 11.1 Å². The molecule has 1 aliphatic rings. The minimum absolute atomic E-state index is 0.214. The maximum Gasteiger partial charge on any atom is 0.275 e. The lowest BCUT2D eigenvalue weighted by atomic mass is 9.98. The number of hydrogen-bond acceptors (Lipinski definition) is 6. The highest BCUT2D eigenvalue weighted by molar-refractivity contribution is 7.09. The van der Waals surface area contributed by atoms with Crippen molar-refractivity contribution in [3.63, 3.8) is 0 Å². The minimum Gasteiger partial charge on any atom is -0.369 e. The van der Waals surface area contributed by atoms with Gasteiger partial charge in [-0.15, -0.1) is 11.3 Å². The zero-order chi connectivity index (χ0) is 21.3. The van der Waals surface area contributed by atoms with E-state index in [-0.39, 0.29) is 11.9 Å². The molecule has 6 nitrogen and oxygen atoms in total. The van der Waals surface area contributed by atoms with Gasteiger partial charge in [-0.3, -0.25) is 9.78 Å². The highest BCUT2D eigenvalue weighted by Crippen LogP contribution is 2.38. The first-order valence-corrected chi connectivity index (χ1v) is 11.1. The normalized spacial score (nSPS) is 14.7. The third-order valence-corrected chi connectivity index (χ3v) is 6.18. The van der Waals surface area contributed by atoms with Crippen LogP contribution in [0.1, 0.15) is 39.5 Å². The van der Waals surface area contributed by atoms with E-state index in [9.17, 15) is 4.79 Å². The Morgan fingerprint density at radius 1 is 1.13 bits per heavy atom. The van der Waals surface area contributed by atoms with Crippen LogP contribution < -0.4 is 16.0 Å². The molecule has 2 aromatic heterocycles. The predicted octanol–water partition coefficient (Wildman–Crippen LogP) is 4.31. The molecular weight excluding hydrogens is 394 g/mol. The van der Waals surface area contributed by atoms with Crippen LogP contribution in [0.15, 0.2) is 36.0 Å². The summed E-state index contributed by atoms with van der Waals surface area (Å²) in [7, 11) is 0. The number of rotatable bonds is 4. The minimum atomic E-state index is -0.214. The van der Waals surface area contributed by atoms with Crippen molar-refractivity contribution in [2.45, 2.75) is 39.7 Å². The van der Waals surface area contributed by atoms with Gasteiger partial charge in [0.2, 0.25) is 0 Å². The van der Waals surface area contributed by atoms with Crippen LogP contribution in [-0.4, -0.2) is 35.0 Å². The number of carbonyl (C=O) groups excluding carboxylic acids is 1. The molecule has 1 aliphatic heterocycles. The monoisotopic (exact) mass is 421 g/mol. The molecule has 0 bridgehead atoms. The number of nitrogens with two attached hydrogens (primary N) is 1. The summed E-state index contributed by atoms with van der Waals surface area (Å²) >= 11 is 1.47. The van der Waals surface area contributed by atoms with Gasteiger partial charge < -0.3 is 16.0 Å². The first kappa shape index (κ1) is 20.5. The van der Waals surface area contributed by atoms with Crippen molar-refractivity contribution in [3.05, 3.63) is 57.8 Å². The summed E-state index contributed by atoms with van der Waals surface area (Å²) in [6.07, 6.45) is 5.47. The third-order valence-electron chi connectivity index (χ3n) is 5.41. The van der Waals surface area contributed by atoms with Gasteiger partial charge in [0.1, 0.15) is 5.69 Å². The molecule has 3 heterocycles. The zero-order valence-electron chi connectivity index (χ0n) is 17.6. The smallest absolute Gasteiger partial charge is 0.275 e. The molecule has 156 valence electrons. The van der Waals surface area contributed by atoms with Gasteiger partial charge in [0, 0.05) is 36.3 Å². The lowest BCUT2D eigenvalue weighted by molar-refractivity contribution is 0.102. The van der Waals surface area contributed by atoms with E-state index in [0.29, 0.717) is 11.4 Å². The van der Waals surface area contributed by atoms with Crippen LogP contribution in [0.3, 0.4) is 0 Å². The number of thiazole rings is 1. The fourth-order valence-electron chi connectivity index (χ4n) is 4.00. The Balaban J connectivity index is 1.78. The number of pyridine rings is 1. The molecule has 3 aromatic rings. The van der Waals surface area contributed by atoms with Crippen LogP contribution in [0.2, 0.25) is 0 Å².